The number of piperazine rings is 1. The number of likely N-dealkylation sites (tertiary alicyclic amines) is 1. The van der Waals surface area contributed by atoms with Crippen molar-refractivity contribution in [3.63, 3.8) is 0 Å². The van der Waals surface area contributed by atoms with Gasteiger partial charge in [-0.15, -0.1) is 11.3 Å². The van der Waals surface area contributed by atoms with Gasteiger partial charge in [0, 0.05) is 48.0 Å². The van der Waals surface area contributed by atoms with Gasteiger partial charge >= 0.3 is 6.03 Å². The molecule has 3 heterocycles. The number of amides is 2. The molecule has 1 aliphatic carbocycles. The van der Waals surface area contributed by atoms with Crippen molar-refractivity contribution in [3.05, 3.63) is 29.6 Å². The van der Waals surface area contributed by atoms with E-state index in [0.29, 0.717) is 5.92 Å². The SMILES string of the molecule is O=C(NC1CC(CCN2CCN(c3cccc4sccc34)CC2)C1)N1CC(F)(F)C1. The van der Waals surface area contributed by atoms with Gasteiger partial charge in [-0.25, -0.2) is 13.6 Å². The van der Waals surface area contributed by atoms with Gasteiger partial charge in [-0.3, -0.25) is 4.90 Å². The van der Waals surface area contributed by atoms with Crippen molar-refractivity contribution in [2.45, 2.75) is 31.2 Å². The molecule has 162 valence electrons. The summed E-state index contributed by atoms with van der Waals surface area (Å²) in [4.78, 5) is 18.1. The van der Waals surface area contributed by atoms with E-state index in [1.165, 1.54) is 20.7 Å². The molecule has 2 aromatic rings. The largest absolute Gasteiger partial charge is 0.368 e. The minimum atomic E-state index is -2.69. The fraction of sp³-hybridized carbons (Fsp3) is 0.591. The van der Waals surface area contributed by atoms with Crippen LogP contribution in [0.1, 0.15) is 19.3 Å². The topological polar surface area (TPSA) is 38.8 Å². The molecular formula is C22H28F2N4OS. The third-order valence-corrected chi connectivity index (χ3v) is 7.62. The van der Waals surface area contributed by atoms with E-state index < -0.39 is 19.0 Å². The number of nitrogens with zero attached hydrogens (tertiary/aromatic N) is 3. The summed E-state index contributed by atoms with van der Waals surface area (Å²) in [5, 5.41) is 6.42. The summed E-state index contributed by atoms with van der Waals surface area (Å²) in [6.07, 6.45) is 3.08. The number of alkyl halides is 2. The minimum Gasteiger partial charge on any atom is -0.368 e. The third kappa shape index (κ3) is 4.12. The third-order valence-electron chi connectivity index (χ3n) is 6.73. The summed E-state index contributed by atoms with van der Waals surface area (Å²) in [5.41, 5.74) is 1.35. The first-order valence-corrected chi connectivity index (χ1v) is 11.7. The van der Waals surface area contributed by atoms with Crippen LogP contribution in [0, 0.1) is 5.92 Å². The smallest absolute Gasteiger partial charge is 0.318 e. The Morgan fingerprint density at radius 3 is 2.63 bits per heavy atom. The van der Waals surface area contributed by atoms with E-state index in [0.717, 1.165) is 52.0 Å². The fourth-order valence-corrected chi connectivity index (χ4v) is 5.65. The maximum atomic E-state index is 12.9. The summed E-state index contributed by atoms with van der Waals surface area (Å²) in [6.45, 7) is 4.48. The standard InChI is InChI=1S/C22H28F2N4OS/c23-22(24)14-28(15-22)21(29)25-17-12-16(13-17)4-6-26-7-9-27(10-8-26)19-2-1-3-20-18(19)5-11-30-20/h1-3,5,11,16-17H,4,6-10,12-15H2,(H,25,29). The Morgan fingerprint density at radius 2 is 1.90 bits per heavy atom. The molecule has 2 saturated heterocycles. The molecule has 0 radical (unpaired) electrons. The molecule has 5 nitrogen and oxygen atoms in total. The van der Waals surface area contributed by atoms with Crippen molar-refractivity contribution < 1.29 is 13.6 Å². The maximum Gasteiger partial charge on any atom is 0.318 e. The number of hydrogen-bond acceptors (Lipinski definition) is 4. The minimum absolute atomic E-state index is 0.152. The average molecular weight is 435 g/mol. The molecule has 1 N–H and O–H groups in total. The van der Waals surface area contributed by atoms with Gasteiger partial charge in [0.05, 0.1) is 13.1 Å². The van der Waals surface area contributed by atoms with Crippen LogP contribution < -0.4 is 10.2 Å². The highest BCUT2D eigenvalue weighted by atomic mass is 32.1. The monoisotopic (exact) mass is 434 g/mol. The van der Waals surface area contributed by atoms with E-state index in [1.807, 2.05) is 0 Å². The number of nitrogens with one attached hydrogen (secondary N) is 1. The molecule has 0 spiro atoms. The number of benzene rings is 1. The molecule has 2 aliphatic heterocycles. The second-order valence-corrected chi connectivity index (χ2v) is 9.87. The van der Waals surface area contributed by atoms with E-state index in [4.69, 9.17) is 0 Å². The lowest BCUT2D eigenvalue weighted by Gasteiger charge is -2.42. The number of carbonyl (C=O) groups excluding carboxylic acids is 1. The zero-order valence-corrected chi connectivity index (χ0v) is 17.8. The number of carbonyl (C=O) groups is 1. The highest BCUT2D eigenvalue weighted by Crippen LogP contribution is 2.33. The van der Waals surface area contributed by atoms with E-state index in [1.54, 1.807) is 11.3 Å². The average Bonchev–Trinajstić information content (AvgIpc) is 3.17. The summed E-state index contributed by atoms with van der Waals surface area (Å²) in [5.74, 6) is -2.06. The van der Waals surface area contributed by atoms with Crippen molar-refractivity contribution in [3.8, 4) is 0 Å². The van der Waals surface area contributed by atoms with Crippen LogP contribution in [0.15, 0.2) is 29.6 Å². The van der Waals surface area contributed by atoms with Gasteiger partial charge in [-0.2, -0.15) is 0 Å². The molecule has 1 aromatic heterocycles. The van der Waals surface area contributed by atoms with Crippen LogP contribution in [0.5, 0.6) is 0 Å². The number of urea groups is 1. The first-order valence-electron chi connectivity index (χ1n) is 10.8. The van der Waals surface area contributed by atoms with Crippen molar-refractivity contribution in [1.82, 2.24) is 15.1 Å². The molecule has 2 amide bonds. The second kappa shape index (κ2) is 7.96. The summed E-state index contributed by atoms with van der Waals surface area (Å²) >= 11 is 1.80. The molecule has 0 atom stereocenters. The molecule has 5 rings (SSSR count). The number of halogens is 2. The maximum absolute atomic E-state index is 12.9. The first-order chi connectivity index (χ1) is 14.5. The van der Waals surface area contributed by atoms with Crippen LogP contribution in [0.2, 0.25) is 0 Å². The Labute approximate surface area is 179 Å². The summed E-state index contributed by atoms with van der Waals surface area (Å²) in [7, 11) is 0. The van der Waals surface area contributed by atoms with Crippen LogP contribution in [0.3, 0.4) is 0 Å². The second-order valence-electron chi connectivity index (χ2n) is 8.92. The molecule has 8 heteroatoms. The fourth-order valence-electron chi connectivity index (χ4n) is 4.84. The van der Waals surface area contributed by atoms with Gasteiger partial charge in [0.15, 0.2) is 0 Å². The molecule has 0 unspecified atom stereocenters. The summed E-state index contributed by atoms with van der Waals surface area (Å²) < 4.78 is 27.1. The summed E-state index contributed by atoms with van der Waals surface area (Å²) in [6, 6.07) is 8.61. The number of thiophene rings is 1. The molecule has 30 heavy (non-hydrogen) atoms. The quantitative estimate of drug-likeness (QED) is 0.777. The number of fused-ring (bicyclic) bond motifs is 1. The van der Waals surface area contributed by atoms with Crippen LogP contribution in [0.4, 0.5) is 19.3 Å². The zero-order chi connectivity index (χ0) is 20.7. The van der Waals surface area contributed by atoms with Crippen LogP contribution in [-0.2, 0) is 0 Å². The molecule has 3 fully saturated rings. The predicted molar refractivity (Wildman–Crippen MR) is 117 cm³/mol. The Bertz CT molecular complexity index is 897. The van der Waals surface area contributed by atoms with E-state index in [-0.39, 0.29) is 12.1 Å². The van der Waals surface area contributed by atoms with E-state index in [9.17, 15) is 13.6 Å². The molecule has 1 aromatic carbocycles. The Balaban J connectivity index is 1.01. The van der Waals surface area contributed by atoms with E-state index in [2.05, 4.69) is 44.8 Å². The van der Waals surface area contributed by atoms with Gasteiger partial charge in [0.2, 0.25) is 0 Å². The van der Waals surface area contributed by atoms with Crippen LogP contribution in [0.25, 0.3) is 10.1 Å². The Morgan fingerprint density at radius 1 is 1.13 bits per heavy atom. The lowest BCUT2D eigenvalue weighted by Crippen LogP contribution is -2.62. The van der Waals surface area contributed by atoms with Gasteiger partial charge < -0.3 is 15.1 Å². The number of rotatable bonds is 5. The van der Waals surface area contributed by atoms with E-state index >= 15 is 0 Å². The van der Waals surface area contributed by atoms with Gasteiger partial charge in [0.25, 0.3) is 5.92 Å². The molecular weight excluding hydrogens is 406 g/mol. The van der Waals surface area contributed by atoms with Crippen molar-refractivity contribution >= 4 is 33.1 Å². The highest BCUT2D eigenvalue weighted by molar-refractivity contribution is 7.17. The lowest BCUT2D eigenvalue weighted by atomic mass is 9.78. The molecule has 0 bridgehead atoms. The molecule has 3 aliphatic rings. The zero-order valence-electron chi connectivity index (χ0n) is 17.0. The lowest BCUT2D eigenvalue weighted by molar-refractivity contribution is -0.110. The Kier molecular flexibility index (Phi) is 5.31. The van der Waals surface area contributed by atoms with Gasteiger partial charge in [-0.05, 0) is 55.3 Å². The number of anilines is 1. The van der Waals surface area contributed by atoms with Crippen molar-refractivity contribution in [2.24, 2.45) is 5.92 Å². The predicted octanol–water partition coefficient (Wildman–Crippen LogP) is 3.85. The van der Waals surface area contributed by atoms with Gasteiger partial charge in [0.1, 0.15) is 0 Å². The van der Waals surface area contributed by atoms with Crippen molar-refractivity contribution in [2.75, 3.05) is 50.7 Å². The first kappa shape index (κ1) is 20.0. The normalized spacial score (nSPS) is 26.3. The molecule has 1 saturated carbocycles. The van der Waals surface area contributed by atoms with Crippen LogP contribution in [-0.4, -0.2) is 73.6 Å². The Hall–Kier alpha value is -1.93. The van der Waals surface area contributed by atoms with Crippen LogP contribution >= 0.6 is 11.3 Å². The van der Waals surface area contributed by atoms with Gasteiger partial charge in [-0.1, -0.05) is 6.07 Å². The number of hydrogen-bond donors (Lipinski definition) is 1. The van der Waals surface area contributed by atoms with Crippen molar-refractivity contribution in [1.29, 1.82) is 0 Å². The highest BCUT2D eigenvalue weighted by Gasteiger charge is 2.47.